The summed E-state index contributed by atoms with van der Waals surface area (Å²) >= 11 is 0. The minimum atomic E-state index is -0.739. The maximum absolute atomic E-state index is 16.3. The van der Waals surface area contributed by atoms with Gasteiger partial charge in [-0.3, -0.25) is 14.9 Å². The standard InChI is InChI=1S/C29H29F2N5O2/c1-4-20-23(30)8-7-18-13-19(37)14-21(24(18)20)26-25(31)27(22(15-34-26)28(32-2)33-3)35-17-38-16-29-9-5-11-36(29)12-6-10-29/h1,7-8,13-15,37H,2,5-6,9-12,16-17H2,3H3,(H,34,35). The zero-order valence-corrected chi connectivity index (χ0v) is 21.2. The van der Waals surface area contributed by atoms with Crippen molar-refractivity contribution in [2.75, 3.05) is 38.8 Å². The Kier molecular flexibility index (Phi) is 7.11. The first-order valence-electron chi connectivity index (χ1n) is 12.5. The number of nitrogens with one attached hydrogen (secondary N) is 1. The lowest BCUT2D eigenvalue weighted by Gasteiger charge is -2.31. The van der Waals surface area contributed by atoms with Gasteiger partial charge in [-0.15, -0.1) is 6.42 Å². The van der Waals surface area contributed by atoms with Gasteiger partial charge in [0.25, 0.3) is 0 Å². The van der Waals surface area contributed by atoms with Crippen LogP contribution in [0.3, 0.4) is 0 Å². The Balaban J connectivity index is 1.54. The van der Waals surface area contributed by atoms with E-state index < -0.39 is 11.6 Å². The van der Waals surface area contributed by atoms with E-state index in [1.807, 2.05) is 0 Å². The molecule has 0 saturated carbocycles. The van der Waals surface area contributed by atoms with Crippen LogP contribution in [0.5, 0.6) is 5.75 Å². The Morgan fingerprint density at radius 2 is 2.05 bits per heavy atom. The fourth-order valence-electron chi connectivity index (χ4n) is 5.87. The molecule has 2 fully saturated rings. The molecule has 9 heteroatoms. The molecule has 1 aromatic heterocycles. The second-order valence-electron chi connectivity index (χ2n) is 9.66. The summed E-state index contributed by atoms with van der Waals surface area (Å²) in [6, 6.07) is 5.46. The molecule has 0 amide bonds. The van der Waals surface area contributed by atoms with Gasteiger partial charge in [-0.25, -0.2) is 13.8 Å². The fourth-order valence-corrected chi connectivity index (χ4v) is 5.87. The topological polar surface area (TPSA) is 82.3 Å². The van der Waals surface area contributed by atoms with Crippen LogP contribution in [0.15, 0.2) is 40.4 Å². The monoisotopic (exact) mass is 517 g/mol. The highest BCUT2D eigenvalue weighted by Crippen LogP contribution is 2.40. The highest BCUT2D eigenvalue weighted by atomic mass is 19.1. The van der Waals surface area contributed by atoms with Gasteiger partial charge in [-0.1, -0.05) is 12.0 Å². The Morgan fingerprint density at radius 1 is 1.29 bits per heavy atom. The Bertz CT molecular complexity index is 1470. The van der Waals surface area contributed by atoms with Crippen LogP contribution in [-0.2, 0) is 4.74 Å². The number of nitrogens with zero attached hydrogens (tertiary/aromatic N) is 4. The number of terminal acetylenes is 1. The van der Waals surface area contributed by atoms with Gasteiger partial charge >= 0.3 is 0 Å². The number of amidine groups is 1. The van der Waals surface area contributed by atoms with Crippen LogP contribution in [0.25, 0.3) is 22.0 Å². The van der Waals surface area contributed by atoms with Crippen molar-refractivity contribution in [3.05, 3.63) is 53.2 Å². The Morgan fingerprint density at radius 3 is 2.74 bits per heavy atom. The van der Waals surface area contributed by atoms with E-state index in [9.17, 15) is 9.50 Å². The number of fused-ring (bicyclic) bond motifs is 2. The van der Waals surface area contributed by atoms with E-state index in [1.54, 1.807) is 0 Å². The van der Waals surface area contributed by atoms with Crippen molar-refractivity contribution in [1.82, 2.24) is 9.88 Å². The molecule has 3 aromatic rings. The van der Waals surface area contributed by atoms with Gasteiger partial charge < -0.3 is 15.2 Å². The van der Waals surface area contributed by atoms with Gasteiger partial charge in [0.15, 0.2) is 11.7 Å². The molecular weight excluding hydrogens is 488 g/mol. The zero-order chi connectivity index (χ0) is 26.9. The van der Waals surface area contributed by atoms with Crippen LogP contribution in [0.1, 0.15) is 36.8 Å². The lowest BCUT2D eigenvalue weighted by Crippen LogP contribution is -2.42. The number of aromatic hydroxyl groups is 1. The van der Waals surface area contributed by atoms with Crippen LogP contribution in [0, 0.1) is 24.0 Å². The third kappa shape index (κ3) is 4.40. The number of anilines is 1. The summed E-state index contributed by atoms with van der Waals surface area (Å²) in [7, 11) is 1.52. The number of hydrogen-bond acceptors (Lipinski definition) is 6. The number of phenols is 1. The molecule has 0 radical (unpaired) electrons. The predicted octanol–water partition coefficient (Wildman–Crippen LogP) is 4.96. The number of ether oxygens (including phenoxy) is 1. The van der Waals surface area contributed by atoms with E-state index in [0.717, 1.165) is 38.8 Å². The highest BCUT2D eigenvalue weighted by molar-refractivity contribution is 6.07. The largest absolute Gasteiger partial charge is 0.508 e. The predicted molar refractivity (Wildman–Crippen MR) is 146 cm³/mol. The fraction of sp³-hybridized carbons (Fsp3) is 0.345. The molecule has 0 aliphatic carbocycles. The van der Waals surface area contributed by atoms with Gasteiger partial charge in [0.2, 0.25) is 0 Å². The molecule has 2 aromatic carbocycles. The quantitative estimate of drug-likeness (QED) is 0.152. The molecule has 38 heavy (non-hydrogen) atoms. The van der Waals surface area contributed by atoms with Crippen molar-refractivity contribution in [3.8, 4) is 29.4 Å². The normalized spacial score (nSPS) is 16.9. The Labute approximate surface area is 220 Å². The van der Waals surface area contributed by atoms with Crippen molar-refractivity contribution in [1.29, 1.82) is 0 Å². The van der Waals surface area contributed by atoms with Crippen LogP contribution < -0.4 is 5.32 Å². The molecule has 2 N–H and O–H groups in total. The summed E-state index contributed by atoms with van der Waals surface area (Å²) in [6.07, 6.45) is 11.5. The van der Waals surface area contributed by atoms with Gasteiger partial charge in [-0.2, -0.15) is 0 Å². The van der Waals surface area contributed by atoms with E-state index in [2.05, 4.69) is 37.8 Å². The average molecular weight is 518 g/mol. The number of pyridine rings is 1. The summed E-state index contributed by atoms with van der Waals surface area (Å²) in [4.78, 5) is 14.8. The second kappa shape index (κ2) is 10.5. The smallest absolute Gasteiger partial charge is 0.173 e. The lowest BCUT2D eigenvalue weighted by molar-refractivity contribution is 0.0439. The van der Waals surface area contributed by atoms with Crippen LogP contribution in [0.4, 0.5) is 14.5 Å². The van der Waals surface area contributed by atoms with Crippen LogP contribution in [-0.4, -0.2) is 66.6 Å². The van der Waals surface area contributed by atoms with Crippen molar-refractivity contribution < 1.29 is 18.6 Å². The average Bonchev–Trinajstić information content (AvgIpc) is 3.49. The number of phenolic OH excluding ortho intramolecular Hbond substituents is 1. The number of hydrogen-bond donors (Lipinski definition) is 2. The highest BCUT2D eigenvalue weighted by Gasteiger charge is 2.44. The second-order valence-corrected chi connectivity index (χ2v) is 9.66. The van der Waals surface area contributed by atoms with Gasteiger partial charge in [0.05, 0.1) is 23.4 Å². The maximum Gasteiger partial charge on any atom is 0.173 e. The molecule has 7 nitrogen and oxygen atoms in total. The molecule has 5 rings (SSSR count). The molecule has 3 heterocycles. The minimum absolute atomic E-state index is 0.0406. The first kappa shape index (κ1) is 25.8. The van der Waals surface area contributed by atoms with Crippen molar-refractivity contribution in [3.63, 3.8) is 0 Å². The van der Waals surface area contributed by atoms with Gasteiger partial charge in [-0.05, 0) is 69.1 Å². The molecule has 2 aliphatic rings. The third-order valence-corrected chi connectivity index (χ3v) is 7.61. The number of benzene rings is 2. The van der Waals surface area contributed by atoms with Gasteiger partial charge in [0.1, 0.15) is 24.0 Å². The molecule has 0 spiro atoms. The summed E-state index contributed by atoms with van der Waals surface area (Å²) in [6.45, 7) is 6.30. The van der Waals surface area contributed by atoms with Crippen LogP contribution in [0.2, 0.25) is 0 Å². The number of rotatable bonds is 7. The number of halogens is 2. The van der Waals surface area contributed by atoms with E-state index >= 15 is 4.39 Å². The van der Waals surface area contributed by atoms with E-state index in [1.165, 1.54) is 37.5 Å². The summed E-state index contributed by atoms with van der Waals surface area (Å²) < 4.78 is 36.9. The summed E-state index contributed by atoms with van der Waals surface area (Å²) in [5.74, 6) is 1.04. The first-order valence-corrected chi connectivity index (χ1v) is 12.5. The Hall–Kier alpha value is -3.87. The van der Waals surface area contributed by atoms with Gasteiger partial charge in [0, 0.05) is 29.7 Å². The molecular formula is C29H29F2N5O2. The summed E-state index contributed by atoms with van der Waals surface area (Å²) in [5, 5.41) is 14.1. The first-order chi connectivity index (χ1) is 18.4. The maximum atomic E-state index is 16.3. The molecule has 0 bridgehead atoms. The van der Waals surface area contributed by atoms with Crippen LogP contribution >= 0.6 is 0 Å². The van der Waals surface area contributed by atoms with Crippen molar-refractivity contribution in [2.45, 2.75) is 31.2 Å². The number of aliphatic imine (C=N–C) groups is 2. The van der Waals surface area contributed by atoms with E-state index in [4.69, 9.17) is 11.2 Å². The van der Waals surface area contributed by atoms with E-state index in [-0.39, 0.29) is 51.7 Å². The van der Waals surface area contributed by atoms with Crippen molar-refractivity contribution >= 4 is 29.0 Å². The lowest BCUT2D eigenvalue weighted by atomic mass is 9.95. The minimum Gasteiger partial charge on any atom is -0.508 e. The van der Waals surface area contributed by atoms with Crippen molar-refractivity contribution in [2.24, 2.45) is 9.98 Å². The molecule has 0 atom stereocenters. The molecule has 0 unspecified atom stereocenters. The number of aromatic nitrogens is 1. The van der Waals surface area contributed by atoms with E-state index in [0.29, 0.717) is 17.6 Å². The zero-order valence-electron chi connectivity index (χ0n) is 21.2. The summed E-state index contributed by atoms with van der Waals surface area (Å²) in [5.41, 5.74) is 0.415. The SMILES string of the molecule is C#Cc1c(F)ccc2cc(O)cc(-c3ncc(C(N=C)=NC)c(NCOCC45CCCN4CCC5)c3F)c12. The third-order valence-electron chi connectivity index (χ3n) is 7.61. The molecule has 2 saturated heterocycles. The molecule has 2 aliphatic heterocycles. The molecule has 196 valence electrons.